The van der Waals surface area contributed by atoms with Crippen molar-refractivity contribution in [1.82, 2.24) is 9.78 Å². The molecular weight excluding hydrogens is 295 g/mol. The van der Waals surface area contributed by atoms with E-state index in [-0.39, 0.29) is 28.1 Å². The summed E-state index contributed by atoms with van der Waals surface area (Å²) in [6.07, 6.45) is 1.43. The summed E-state index contributed by atoms with van der Waals surface area (Å²) in [6.45, 7) is 4.10. The Hall–Kier alpha value is -2.14. The third-order valence-electron chi connectivity index (χ3n) is 3.41. The van der Waals surface area contributed by atoms with E-state index in [2.05, 4.69) is 5.10 Å². The second-order valence-corrected chi connectivity index (χ2v) is 5.09. The Morgan fingerprint density at radius 1 is 1.48 bits per heavy atom. The maximum atomic E-state index is 13.3. The van der Waals surface area contributed by atoms with Gasteiger partial charge in [0.15, 0.2) is 5.76 Å². The fourth-order valence-corrected chi connectivity index (χ4v) is 2.57. The first kappa shape index (κ1) is 13.8. The van der Waals surface area contributed by atoms with Crippen molar-refractivity contribution in [3.8, 4) is 0 Å². The number of aromatic nitrogens is 2. The van der Waals surface area contributed by atoms with E-state index in [0.717, 1.165) is 0 Å². The Morgan fingerprint density at radius 3 is 2.95 bits per heavy atom. The number of rotatable bonds is 3. The van der Waals surface area contributed by atoms with Gasteiger partial charge in [-0.1, -0.05) is 11.6 Å². The second-order valence-electron chi connectivity index (χ2n) is 4.68. The van der Waals surface area contributed by atoms with Gasteiger partial charge in [-0.05, 0) is 32.0 Å². The molecule has 0 saturated carbocycles. The van der Waals surface area contributed by atoms with E-state index < -0.39 is 0 Å². The van der Waals surface area contributed by atoms with Crippen molar-refractivity contribution >= 4 is 28.4 Å². The van der Waals surface area contributed by atoms with E-state index in [1.54, 1.807) is 6.92 Å². The molecule has 0 atom stereocenters. The molecule has 0 saturated heterocycles. The van der Waals surface area contributed by atoms with Crippen LogP contribution >= 0.6 is 11.6 Å². The van der Waals surface area contributed by atoms with Crippen molar-refractivity contribution < 1.29 is 13.6 Å². The zero-order chi connectivity index (χ0) is 15.1. The molecule has 0 fully saturated rings. The number of aryl methyl sites for hydroxylation is 2. The van der Waals surface area contributed by atoms with Crippen LogP contribution in [0.1, 0.15) is 28.7 Å². The number of fused-ring (bicyclic) bond motifs is 1. The molecule has 3 aromatic rings. The molecule has 0 N–H and O–H groups in total. The Labute approximate surface area is 125 Å². The minimum atomic E-state index is -0.373. The molecule has 2 aromatic heterocycles. The highest BCUT2D eigenvalue weighted by atomic mass is 35.5. The van der Waals surface area contributed by atoms with Crippen LogP contribution in [0.15, 0.2) is 28.8 Å². The molecule has 0 spiro atoms. The molecule has 3 rings (SSSR count). The van der Waals surface area contributed by atoms with E-state index >= 15 is 0 Å². The van der Waals surface area contributed by atoms with Crippen LogP contribution in [0.4, 0.5) is 4.39 Å². The van der Waals surface area contributed by atoms with Crippen LogP contribution in [0, 0.1) is 12.7 Å². The number of benzene rings is 1. The smallest absolute Gasteiger partial charge is 0.247 e. The van der Waals surface area contributed by atoms with Gasteiger partial charge in [0.1, 0.15) is 17.1 Å². The van der Waals surface area contributed by atoms with Crippen LogP contribution in [-0.4, -0.2) is 15.6 Å². The molecular formula is C15H12ClFN2O2. The molecule has 1 aromatic carbocycles. The molecule has 2 heterocycles. The summed E-state index contributed by atoms with van der Waals surface area (Å²) in [5.41, 5.74) is 1.34. The van der Waals surface area contributed by atoms with Gasteiger partial charge in [0, 0.05) is 17.5 Å². The molecule has 0 amide bonds. The number of nitrogens with zero attached hydrogens (tertiary/aromatic N) is 2. The summed E-state index contributed by atoms with van der Waals surface area (Å²) in [6, 6.07) is 4.15. The summed E-state index contributed by atoms with van der Waals surface area (Å²) < 4.78 is 20.4. The molecule has 0 aliphatic rings. The van der Waals surface area contributed by atoms with Gasteiger partial charge < -0.3 is 4.42 Å². The van der Waals surface area contributed by atoms with Crippen LogP contribution in [0.5, 0.6) is 0 Å². The highest BCUT2D eigenvalue weighted by molar-refractivity contribution is 6.34. The SMILES string of the molecule is CCn1ncc(Cl)c1C(=O)c1oc2ccc(F)cc2c1C. The third-order valence-corrected chi connectivity index (χ3v) is 3.69. The molecule has 108 valence electrons. The number of carbonyl (C=O) groups excluding carboxylic acids is 1. The Balaban J connectivity index is 2.18. The average Bonchev–Trinajstić information content (AvgIpc) is 2.99. The highest BCUT2D eigenvalue weighted by Gasteiger charge is 2.25. The Kier molecular flexibility index (Phi) is 3.29. The molecule has 21 heavy (non-hydrogen) atoms. The number of hydrogen-bond donors (Lipinski definition) is 0. The first-order valence-corrected chi connectivity index (χ1v) is 6.85. The van der Waals surface area contributed by atoms with Gasteiger partial charge in [-0.2, -0.15) is 5.10 Å². The maximum Gasteiger partial charge on any atom is 0.247 e. The molecule has 0 aliphatic carbocycles. The summed E-state index contributed by atoms with van der Waals surface area (Å²) in [7, 11) is 0. The molecule has 0 bridgehead atoms. The zero-order valence-corrected chi connectivity index (χ0v) is 12.2. The first-order valence-electron chi connectivity index (χ1n) is 6.47. The summed E-state index contributed by atoms with van der Waals surface area (Å²) in [5, 5.41) is 4.89. The number of halogens is 2. The zero-order valence-electron chi connectivity index (χ0n) is 11.5. The minimum Gasteiger partial charge on any atom is -0.452 e. The summed E-state index contributed by atoms with van der Waals surface area (Å²) >= 11 is 6.04. The van der Waals surface area contributed by atoms with Crippen molar-refractivity contribution in [2.24, 2.45) is 0 Å². The van der Waals surface area contributed by atoms with Crippen molar-refractivity contribution in [3.63, 3.8) is 0 Å². The normalized spacial score (nSPS) is 11.2. The quantitative estimate of drug-likeness (QED) is 0.688. The van der Waals surface area contributed by atoms with Gasteiger partial charge in [0.2, 0.25) is 5.78 Å². The lowest BCUT2D eigenvalue weighted by atomic mass is 10.1. The standard InChI is InChI=1S/C15H12ClFN2O2/c1-3-19-13(11(16)7-18-19)14(20)15-8(2)10-6-9(17)4-5-12(10)21-15/h4-7H,3H2,1-2H3. The Morgan fingerprint density at radius 2 is 2.24 bits per heavy atom. The van der Waals surface area contributed by atoms with Crippen molar-refractivity contribution in [1.29, 1.82) is 0 Å². The second kappa shape index (κ2) is 5.00. The van der Waals surface area contributed by atoms with Gasteiger partial charge in [-0.15, -0.1) is 0 Å². The van der Waals surface area contributed by atoms with E-state index in [1.807, 2.05) is 6.92 Å². The van der Waals surface area contributed by atoms with Crippen LogP contribution in [0.3, 0.4) is 0 Å². The number of furan rings is 1. The van der Waals surface area contributed by atoms with Crippen molar-refractivity contribution in [3.05, 3.63) is 52.3 Å². The Bertz CT molecular complexity index is 851. The molecule has 0 aliphatic heterocycles. The average molecular weight is 307 g/mol. The predicted molar refractivity (Wildman–Crippen MR) is 77.3 cm³/mol. The van der Waals surface area contributed by atoms with Gasteiger partial charge in [0.05, 0.1) is 11.2 Å². The lowest BCUT2D eigenvalue weighted by Crippen LogP contribution is -2.11. The fraction of sp³-hybridized carbons (Fsp3) is 0.200. The van der Waals surface area contributed by atoms with E-state index in [9.17, 15) is 9.18 Å². The lowest BCUT2D eigenvalue weighted by Gasteiger charge is -2.03. The van der Waals surface area contributed by atoms with Crippen LogP contribution < -0.4 is 0 Å². The largest absolute Gasteiger partial charge is 0.452 e. The van der Waals surface area contributed by atoms with E-state index in [4.69, 9.17) is 16.0 Å². The predicted octanol–water partition coefficient (Wildman–Crippen LogP) is 3.98. The summed E-state index contributed by atoms with van der Waals surface area (Å²) in [5.74, 6) is -0.566. The summed E-state index contributed by atoms with van der Waals surface area (Å²) in [4.78, 5) is 12.7. The third kappa shape index (κ3) is 2.14. The molecule has 6 heteroatoms. The number of carbonyl (C=O) groups is 1. The van der Waals surface area contributed by atoms with Crippen LogP contribution in [0.25, 0.3) is 11.0 Å². The van der Waals surface area contributed by atoms with Gasteiger partial charge in [-0.3, -0.25) is 9.48 Å². The topological polar surface area (TPSA) is 48.0 Å². The van der Waals surface area contributed by atoms with Gasteiger partial charge in [-0.25, -0.2) is 4.39 Å². The van der Waals surface area contributed by atoms with Crippen molar-refractivity contribution in [2.45, 2.75) is 20.4 Å². The number of hydrogen-bond acceptors (Lipinski definition) is 3. The molecule has 0 radical (unpaired) electrons. The maximum absolute atomic E-state index is 13.3. The van der Waals surface area contributed by atoms with E-state index in [0.29, 0.717) is 23.1 Å². The van der Waals surface area contributed by atoms with Crippen LogP contribution in [-0.2, 0) is 6.54 Å². The van der Waals surface area contributed by atoms with Crippen molar-refractivity contribution in [2.75, 3.05) is 0 Å². The molecule has 4 nitrogen and oxygen atoms in total. The highest BCUT2D eigenvalue weighted by Crippen LogP contribution is 2.29. The van der Waals surface area contributed by atoms with E-state index in [1.165, 1.54) is 29.1 Å². The molecule has 0 unspecified atom stereocenters. The van der Waals surface area contributed by atoms with Gasteiger partial charge in [0.25, 0.3) is 0 Å². The fourth-order valence-electron chi connectivity index (χ4n) is 2.35. The number of ketones is 1. The minimum absolute atomic E-state index is 0.160. The van der Waals surface area contributed by atoms with Gasteiger partial charge >= 0.3 is 0 Å². The monoisotopic (exact) mass is 306 g/mol. The lowest BCUT2D eigenvalue weighted by molar-refractivity contribution is 0.100. The van der Waals surface area contributed by atoms with Crippen LogP contribution in [0.2, 0.25) is 5.02 Å². The first-order chi connectivity index (χ1) is 10.0.